The number of carbonyl (C=O) groups is 4. The van der Waals surface area contributed by atoms with Crippen molar-refractivity contribution in [2.45, 2.75) is 92.5 Å². The molecule has 0 aromatic heterocycles. The van der Waals surface area contributed by atoms with Crippen molar-refractivity contribution in [2.24, 2.45) is 0 Å². The molecule has 0 radical (unpaired) electrons. The minimum Gasteiger partial charge on any atom is -0.478 e. The quantitative estimate of drug-likeness (QED) is 0.225. The first-order valence-corrected chi connectivity index (χ1v) is 14.3. The predicted molar refractivity (Wildman–Crippen MR) is 170 cm³/mol. The lowest BCUT2D eigenvalue weighted by atomic mass is 9.83. The molecular formula is C34H44N2O8. The molecule has 0 bridgehead atoms. The van der Waals surface area contributed by atoms with Crippen molar-refractivity contribution in [1.29, 1.82) is 0 Å². The van der Waals surface area contributed by atoms with Crippen LogP contribution >= 0.6 is 0 Å². The van der Waals surface area contributed by atoms with Crippen LogP contribution in [-0.2, 0) is 19.1 Å². The van der Waals surface area contributed by atoms with E-state index in [2.05, 4.69) is 10.6 Å². The van der Waals surface area contributed by atoms with Gasteiger partial charge in [0, 0.05) is 11.1 Å². The van der Waals surface area contributed by atoms with Gasteiger partial charge in [-0.25, -0.2) is 19.2 Å². The lowest BCUT2D eigenvalue weighted by Crippen LogP contribution is -2.40. The number of aliphatic carboxylic acids is 2. The molecule has 2 aromatic rings. The first-order chi connectivity index (χ1) is 20.2. The summed E-state index contributed by atoms with van der Waals surface area (Å²) in [6.07, 6.45) is -1.50. The van der Waals surface area contributed by atoms with Crippen LogP contribution in [0.1, 0.15) is 80.4 Å². The van der Waals surface area contributed by atoms with E-state index in [1.54, 1.807) is 73.6 Å². The highest BCUT2D eigenvalue weighted by Crippen LogP contribution is 2.37. The molecule has 0 unspecified atom stereocenters. The van der Waals surface area contributed by atoms with Gasteiger partial charge < -0.3 is 30.3 Å². The number of benzene rings is 2. The lowest BCUT2D eigenvalue weighted by Gasteiger charge is -2.28. The van der Waals surface area contributed by atoms with E-state index in [4.69, 9.17) is 9.47 Å². The van der Waals surface area contributed by atoms with Crippen LogP contribution in [0.3, 0.4) is 0 Å². The van der Waals surface area contributed by atoms with Gasteiger partial charge in [0.2, 0.25) is 0 Å². The number of ether oxygens (including phenoxy) is 2. The maximum Gasteiger partial charge on any atom is 0.408 e. The van der Waals surface area contributed by atoms with Crippen LogP contribution in [0.2, 0.25) is 0 Å². The average molecular weight is 609 g/mol. The molecule has 2 atom stereocenters. The summed E-state index contributed by atoms with van der Waals surface area (Å²) in [5.74, 6) is -2.45. The molecule has 2 rings (SSSR count). The van der Waals surface area contributed by atoms with Gasteiger partial charge >= 0.3 is 24.1 Å². The molecular weight excluding hydrogens is 564 g/mol. The Balaban J connectivity index is 2.92. The Hall–Kier alpha value is -4.60. The van der Waals surface area contributed by atoms with Crippen molar-refractivity contribution < 1.29 is 38.9 Å². The van der Waals surface area contributed by atoms with Gasteiger partial charge in [-0.05, 0) is 109 Å². The molecule has 44 heavy (non-hydrogen) atoms. The largest absolute Gasteiger partial charge is 0.478 e. The third-order valence-corrected chi connectivity index (χ3v) is 6.49. The Kier molecular flexibility index (Phi) is 11.5. The summed E-state index contributed by atoms with van der Waals surface area (Å²) in [5, 5.41) is 25.7. The predicted octanol–water partition coefficient (Wildman–Crippen LogP) is 6.90. The van der Waals surface area contributed by atoms with Gasteiger partial charge in [-0.2, -0.15) is 0 Å². The Morgan fingerprint density at radius 2 is 1.05 bits per heavy atom. The van der Waals surface area contributed by atoms with Crippen LogP contribution in [0.4, 0.5) is 9.59 Å². The first kappa shape index (κ1) is 35.6. The van der Waals surface area contributed by atoms with Crippen LogP contribution in [-0.4, -0.2) is 57.6 Å². The summed E-state index contributed by atoms with van der Waals surface area (Å²) in [6.45, 7) is 16.3. The number of hydrogen-bond donors (Lipinski definition) is 4. The van der Waals surface area contributed by atoms with Crippen molar-refractivity contribution >= 4 is 35.3 Å². The third kappa shape index (κ3) is 10.00. The molecule has 0 aliphatic heterocycles. The normalized spacial score (nSPS) is 14.3. The lowest BCUT2D eigenvalue weighted by molar-refractivity contribution is -0.133. The van der Waals surface area contributed by atoms with Crippen molar-refractivity contribution in [2.75, 3.05) is 0 Å². The summed E-state index contributed by atoms with van der Waals surface area (Å²) in [4.78, 5) is 50.4. The van der Waals surface area contributed by atoms with E-state index < -0.39 is 47.4 Å². The Labute approximate surface area is 259 Å². The summed E-state index contributed by atoms with van der Waals surface area (Å²) < 4.78 is 10.8. The summed E-state index contributed by atoms with van der Waals surface area (Å²) >= 11 is 0. The van der Waals surface area contributed by atoms with Gasteiger partial charge in [-0.15, -0.1) is 0 Å². The monoisotopic (exact) mass is 608 g/mol. The second-order valence-corrected chi connectivity index (χ2v) is 12.5. The van der Waals surface area contributed by atoms with Gasteiger partial charge in [0.15, 0.2) is 0 Å². The highest BCUT2D eigenvalue weighted by atomic mass is 16.6. The van der Waals surface area contributed by atoms with Crippen LogP contribution in [0.5, 0.6) is 0 Å². The maximum atomic E-state index is 12.8. The molecule has 0 fully saturated rings. The smallest absolute Gasteiger partial charge is 0.408 e. The fourth-order valence-electron chi connectivity index (χ4n) is 4.68. The fourth-order valence-corrected chi connectivity index (χ4v) is 4.68. The Bertz CT molecular complexity index is 1460. The van der Waals surface area contributed by atoms with Crippen molar-refractivity contribution in [3.63, 3.8) is 0 Å². The van der Waals surface area contributed by atoms with Gasteiger partial charge in [0.25, 0.3) is 0 Å². The number of amides is 2. The van der Waals surface area contributed by atoms with E-state index in [9.17, 15) is 29.4 Å². The summed E-state index contributed by atoms with van der Waals surface area (Å²) in [7, 11) is 0. The van der Waals surface area contributed by atoms with E-state index in [-0.39, 0.29) is 22.3 Å². The van der Waals surface area contributed by atoms with E-state index in [0.717, 1.165) is 11.1 Å². The minimum atomic E-state index is -1.23. The van der Waals surface area contributed by atoms with Crippen LogP contribution in [0.25, 0.3) is 22.3 Å². The van der Waals surface area contributed by atoms with Crippen LogP contribution < -0.4 is 10.6 Å². The van der Waals surface area contributed by atoms with E-state index in [1.165, 1.54) is 13.8 Å². The molecule has 4 N–H and O–H groups in total. The number of rotatable bonds is 9. The standard InChI is InChI=1S/C34H44N2O8/c1-19(29(37)38)27(21(3)35-31(41)43-33(5,6)7)25-17-16-24(23-14-12-11-13-15-23)18-26(25)28(20(2)30(39)40)22(4)36-32(42)44-34(8,9)10/h11-18,21-22H,1-10H3,(H,35,41)(H,36,42)(H,37,38)(H,39,40)/b27-19+,28-20+/t21-,22-/m1/s1. The number of carboxylic acid groups (broad SMARTS) is 2. The number of alkyl carbamates (subject to hydrolysis) is 2. The van der Waals surface area contributed by atoms with Crippen molar-refractivity contribution in [1.82, 2.24) is 10.6 Å². The molecule has 0 saturated carbocycles. The zero-order valence-electron chi connectivity index (χ0n) is 27.1. The second kappa shape index (κ2) is 14.2. The minimum absolute atomic E-state index is 0.0673. The highest BCUT2D eigenvalue weighted by Gasteiger charge is 2.29. The number of nitrogens with one attached hydrogen (secondary N) is 2. The molecule has 0 aliphatic carbocycles. The van der Waals surface area contributed by atoms with Gasteiger partial charge in [0.05, 0.1) is 12.1 Å². The summed E-state index contributed by atoms with van der Waals surface area (Å²) in [6, 6.07) is 12.9. The molecule has 10 nitrogen and oxygen atoms in total. The topological polar surface area (TPSA) is 151 Å². The highest BCUT2D eigenvalue weighted by molar-refractivity contribution is 6.03. The molecule has 0 saturated heterocycles. The maximum absolute atomic E-state index is 12.8. The molecule has 0 spiro atoms. The zero-order chi connectivity index (χ0) is 33.6. The van der Waals surface area contributed by atoms with E-state index in [0.29, 0.717) is 11.1 Å². The van der Waals surface area contributed by atoms with Gasteiger partial charge in [-0.3, -0.25) is 0 Å². The number of carbonyl (C=O) groups excluding carboxylic acids is 2. The molecule has 2 amide bonds. The van der Waals surface area contributed by atoms with E-state index >= 15 is 0 Å². The average Bonchev–Trinajstić information content (AvgIpc) is 2.87. The van der Waals surface area contributed by atoms with E-state index in [1.807, 2.05) is 30.3 Å². The molecule has 0 heterocycles. The SMILES string of the molecule is C/C(C(=O)O)=C(\c1ccc(-c2ccccc2)cc1/C(=C(\C)C(=O)O)[C@@H](C)NC(=O)OC(C)(C)C)[C@@H](C)NC(=O)OC(C)(C)C. The Morgan fingerprint density at radius 3 is 1.43 bits per heavy atom. The summed E-state index contributed by atoms with van der Waals surface area (Å²) in [5.41, 5.74) is 1.02. The third-order valence-electron chi connectivity index (χ3n) is 6.49. The Morgan fingerprint density at radius 1 is 0.636 bits per heavy atom. The van der Waals surface area contributed by atoms with Gasteiger partial charge in [0.1, 0.15) is 11.2 Å². The van der Waals surface area contributed by atoms with Crippen LogP contribution in [0.15, 0.2) is 59.7 Å². The first-order valence-electron chi connectivity index (χ1n) is 14.3. The van der Waals surface area contributed by atoms with Gasteiger partial charge in [-0.1, -0.05) is 42.5 Å². The molecule has 2 aromatic carbocycles. The molecule has 238 valence electrons. The molecule has 0 aliphatic rings. The van der Waals surface area contributed by atoms with Crippen molar-refractivity contribution in [3.05, 3.63) is 70.8 Å². The second-order valence-electron chi connectivity index (χ2n) is 12.5. The number of carboxylic acids is 2. The zero-order valence-corrected chi connectivity index (χ0v) is 27.1. The molecule has 10 heteroatoms. The van der Waals surface area contributed by atoms with Crippen LogP contribution in [0, 0.1) is 0 Å². The van der Waals surface area contributed by atoms with Crippen molar-refractivity contribution in [3.8, 4) is 11.1 Å². The fraction of sp³-hybridized carbons (Fsp3) is 0.412. The number of hydrogen-bond acceptors (Lipinski definition) is 6.